The first kappa shape index (κ1) is 27.9. The summed E-state index contributed by atoms with van der Waals surface area (Å²) in [7, 11) is 3.69. The van der Waals surface area contributed by atoms with Gasteiger partial charge in [0.05, 0.1) is 39.9 Å². The molecule has 10 heteroatoms. The molecule has 208 valence electrons. The Hall–Kier alpha value is -3.69. The van der Waals surface area contributed by atoms with Crippen molar-refractivity contribution in [2.75, 3.05) is 0 Å². The highest BCUT2D eigenvalue weighted by Gasteiger charge is 2.40. The molecule has 0 aliphatic heterocycles. The molecule has 6 nitrogen and oxygen atoms in total. The number of aryl methyl sites for hydroxylation is 3. The van der Waals surface area contributed by atoms with E-state index in [1.54, 1.807) is 12.4 Å². The second-order valence-electron chi connectivity index (χ2n) is 10.0. The van der Waals surface area contributed by atoms with Crippen LogP contribution in [0.2, 0.25) is 5.02 Å². The Morgan fingerprint density at radius 2 is 1.43 bits per heavy atom. The molecule has 40 heavy (non-hydrogen) atoms. The molecule has 0 unspecified atom stereocenters. The van der Waals surface area contributed by atoms with E-state index in [2.05, 4.69) is 9.97 Å². The van der Waals surface area contributed by atoms with E-state index < -0.39 is 17.3 Å². The number of aromatic nitrogens is 5. The number of alkyl halides is 3. The van der Waals surface area contributed by atoms with Gasteiger partial charge in [-0.25, -0.2) is 9.97 Å². The number of aliphatic hydroxyl groups is 1. The van der Waals surface area contributed by atoms with Gasteiger partial charge in [-0.1, -0.05) is 36.7 Å². The van der Waals surface area contributed by atoms with E-state index in [1.165, 1.54) is 12.1 Å². The first-order chi connectivity index (χ1) is 18.9. The Morgan fingerprint density at radius 1 is 0.875 bits per heavy atom. The van der Waals surface area contributed by atoms with E-state index in [4.69, 9.17) is 16.6 Å². The fourth-order valence-electron chi connectivity index (χ4n) is 5.13. The van der Waals surface area contributed by atoms with Gasteiger partial charge in [-0.05, 0) is 61.2 Å². The van der Waals surface area contributed by atoms with Gasteiger partial charge in [0, 0.05) is 31.6 Å². The van der Waals surface area contributed by atoms with E-state index in [-0.39, 0.29) is 0 Å². The van der Waals surface area contributed by atoms with Crippen LogP contribution in [0.1, 0.15) is 57.9 Å². The molecule has 0 atom stereocenters. The molecule has 0 amide bonds. The number of nitrogens with zero attached hydrogens (tertiary/aromatic N) is 5. The summed E-state index contributed by atoms with van der Waals surface area (Å²) in [6.45, 7) is 5.68. The summed E-state index contributed by atoms with van der Waals surface area (Å²) in [6, 6.07) is 10.6. The number of pyridine rings is 1. The van der Waals surface area contributed by atoms with E-state index in [0.717, 1.165) is 35.0 Å². The second kappa shape index (κ2) is 10.1. The fraction of sp³-hybridized carbons (Fsp3) is 0.300. The average molecular weight is 568 g/mol. The average Bonchev–Trinajstić information content (AvgIpc) is 3.45. The Morgan fingerprint density at radius 3 is 1.90 bits per heavy atom. The van der Waals surface area contributed by atoms with Crippen molar-refractivity contribution >= 4 is 22.5 Å². The normalized spacial score (nSPS) is 12.4. The minimum absolute atomic E-state index is 0.319. The number of fused-ring (bicyclic) bond motifs is 1. The van der Waals surface area contributed by atoms with Crippen molar-refractivity contribution < 1.29 is 18.3 Å². The zero-order chi connectivity index (χ0) is 29.0. The van der Waals surface area contributed by atoms with Crippen LogP contribution in [-0.2, 0) is 38.7 Å². The van der Waals surface area contributed by atoms with Crippen LogP contribution in [0, 0.1) is 13.8 Å². The van der Waals surface area contributed by atoms with E-state index in [9.17, 15) is 18.3 Å². The molecule has 0 fully saturated rings. The van der Waals surface area contributed by atoms with E-state index in [0.29, 0.717) is 51.3 Å². The summed E-state index contributed by atoms with van der Waals surface area (Å²) in [4.78, 5) is 13.7. The van der Waals surface area contributed by atoms with Crippen LogP contribution in [0.5, 0.6) is 0 Å². The lowest BCUT2D eigenvalue weighted by Gasteiger charge is -2.30. The summed E-state index contributed by atoms with van der Waals surface area (Å²) >= 11 is 7.03. The predicted octanol–water partition coefficient (Wildman–Crippen LogP) is 6.43. The Labute approximate surface area is 235 Å². The highest BCUT2D eigenvalue weighted by Crippen LogP contribution is 2.40. The van der Waals surface area contributed by atoms with Crippen LogP contribution in [0.3, 0.4) is 0 Å². The van der Waals surface area contributed by atoms with Gasteiger partial charge < -0.3 is 14.2 Å². The van der Waals surface area contributed by atoms with Crippen molar-refractivity contribution in [2.24, 2.45) is 14.1 Å². The van der Waals surface area contributed by atoms with Gasteiger partial charge in [0.1, 0.15) is 11.6 Å². The molecule has 0 saturated carbocycles. The number of halogens is 4. The number of benzene rings is 2. The summed E-state index contributed by atoms with van der Waals surface area (Å²) in [6.07, 6.45) is -0.184. The summed E-state index contributed by atoms with van der Waals surface area (Å²) in [5, 5.41) is 13.6. The maximum atomic E-state index is 13.1. The Balaban J connectivity index is 1.68. The number of imidazole rings is 2. The lowest BCUT2D eigenvalue weighted by atomic mass is 9.86. The highest BCUT2D eigenvalue weighted by molar-refractivity contribution is 6.36. The first-order valence-corrected chi connectivity index (χ1v) is 13.2. The number of rotatable bonds is 6. The van der Waals surface area contributed by atoms with Gasteiger partial charge in [-0.15, -0.1) is 0 Å². The van der Waals surface area contributed by atoms with Crippen LogP contribution < -0.4 is 0 Å². The first-order valence-electron chi connectivity index (χ1n) is 12.8. The van der Waals surface area contributed by atoms with Crippen LogP contribution in [-0.4, -0.2) is 29.2 Å². The van der Waals surface area contributed by atoms with Gasteiger partial charge in [0.15, 0.2) is 5.60 Å². The smallest absolute Gasteiger partial charge is 0.373 e. The molecule has 0 aliphatic rings. The highest BCUT2D eigenvalue weighted by atomic mass is 35.5. The third kappa shape index (κ3) is 4.57. The van der Waals surface area contributed by atoms with Gasteiger partial charge in [0.2, 0.25) is 0 Å². The van der Waals surface area contributed by atoms with Crippen LogP contribution in [0.15, 0.2) is 54.9 Å². The van der Waals surface area contributed by atoms with E-state index >= 15 is 0 Å². The lowest BCUT2D eigenvalue weighted by Crippen LogP contribution is -2.33. The topological polar surface area (TPSA) is 68.8 Å². The lowest BCUT2D eigenvalue weighted by molar-refractivity contribution is -0.137. The van der Waals surface area contributed by atoms with Crippen molar-refractivity contribution in [3.05, 3.63) is 111 Å². The van der Waals surface area contributed by atoms with Crippen molar-refractivity contribution in [2.45, 2.75) is 45.4 Å². The SMILES string of the molecule is CCc1nc2ccc(C(O)(c3cnc(C)n3C)c3cnc(C)n3C)cc2c(Cl)c1Cc1ccc(C(F)(F)F)cc1. The maximum absolute atomic E-state index is 13.1. The zero-order valence-corrected chi connectivity index (χ0v) is 23.6. The molecule has 5 aromatic rings. The third-order valence-electron chi connectivity index (χ3n) is 7.70. The summed E-state index contributed by atoms with van der Waals surface area (Å²) < 4.78 is 42.9. The zero-order valence-electron chi connectivity index (χ0n) is 22.8. The maximum Gasteiger partial charge on any atom is 0.416 e. The van der Waals surface area contributed by atoms with Gasteiger partial charge >= 0.3 is 6.18 Å². The molecular formula is C30H29ClF3N5O. The van der Waals surface area contributed by atoms with Crippen LogP contribution >= 0.6 is 11.6 Å². The van der Waals surface area contributed by atoms with Crippen LogP contribution in [0.25, 0.3) is 10.9 Å². The molecule has 3 aromatic heterocycles. The van der Waals surface area contributed by atoms with E-state index in [1.807, 2.05) is 62.2 Å². The monoisotopic (exact) mass is 567 g/mol. The minimum Gasteiger partial charge on any atom is -0.373 e. The molecule has 3 heterocycles. The standard InChI is InChI=1S/C30H29ClF3N5O/c1-6-24-22(13-19-7-9-20(10-8-19)30(32,33)34)28(31)23-14-21(11-12-25(23)37-24)29(40,26-15-35-17(2)38(26)4)27-16-36-18(3)39(27)5/h7-12,14-16,40H,6,13H2,1-5H3. The third-order valence-corrected chi connectivity index (χ3v) is 8.13. The largest absolute Gasteiger partial charge is 0.416 e. The molecule has 1 N–H and O–H groups in total. The molecule has 0 bridgehead atoms. The number of hydrogen-bond donors (Lipinski definition) is 1. The number of hydrogen-bond acceptors (Lipinski definition) is 4. The van der Waals surface area contributed by atoms with Crippen LogP contribution in [0.4, 0.5) is 13.2 Å². The predicted molar refractivity (Wildman–Crippen MR) is 148 cm³/mol. The fourth-order valence-corrected chi connectivity index (χ4v) is 5.45. The molecule has 0 radical (unpaired) electrons. The molecule has 2 aromatic carbocycles. The molecule has 0 spiro atoms. The minimum atomic E-state index is -4.40. The van der Waals surface area contributed by atoms with Crippen molar-refractivity contribution in [3.8, 4) is 0 Å². The molecule has 0 aliphatic carbocycles. The van der Waals surface area contributed by atoms with Crippen molar-refractivity contribution in [1.29, 1.82) is 0 Å². The quantitative estimate of drug-likeness (QED) is 0.257. The molecule has 0 saturated heterocycles. The summed E-state index contributed by atoms with van der Waals surface area (Å²) in [5.74, 6) is 1.47. The van der Waals surface area contributed by atoms with Gasteiger partial charge in [-0.2, -0.15) is 13.2 Å². The van der Waals surface area contributed by atoms with Gasteiger partial charge in [0.25, 0.3) is 0 Å². The van der Waals surface area contributed by atoms with Crippen molar-refractivity contribution in [3.63, 3.8) is 0 Å². The Kier molecular flexibility index (Phi) is 7.00. The molecular weight excluding hydrogens is 539 g/mol. The van der Waals surface area contributed by atoms with Gasteiger partial charge in [-0.3, -0.25) is 4.98 Å². The second-order valence-corrected chi connectivity index (χ2v) is 10.4. The molecule has 5 rings (SSSR count). The Bertz CT molecular complexity index is 1670. The van der Waals surface area contributed by atoms with Crippen molar-refractivity contribution in [1.82, 2.24) is 24.1 Å². The summed E-state index contributed by atoms with van der Waals surface area (Å²) in [5.41, 5.74) is 2.23.